The first-order chi connectivity index (χ1) is 9.49. The van der Waals surface area contributed by atoms with Gasteiger partial charge in [-0.1, -0.05) is 30.3 Å². The zero-order chi connectivity index (χ0) is 15.0. The number of carboxylic acids is 2. The third-order valence-corrected chi connectivity index (χ3v) is 2.76. The van der Waals surface area contributed by atoms with Crippen LogP contribution in [0.4, 0.5) is 0 Å². The van der Waals surface area contributed by atoms with Gasteiger partial charge in [-0.3, -0.25) is 9.59 Å². The van der Waals surface area contributed by atoms with E-state index in [0.29, 0.717) is 6.42 Å². The number of carbonyl (C=O) groups is 3. The number of hydrogen-bond donors (Lipinski definition) is 3. The van der Waals surface area contributed by atoms with Crippen LogP contribution in [-0.4, -0.2) is 34.1 Å². The molecule has 0 aromatic heterocycles. The van der Waals surface area contributed by atoms with E-state index in [1.165, 1.54) is 0 Å². The molecule has 0 heterocycles. The predicted octanol–water partition coefficient (Wildman–Crippen LogP) is 1.05. The minimum absolute atomic E-state index is 0.123. The van der Waals surface area contributed by atoms with Gasteiger partial charge in [-0.2, -0.15) is 0 Å². The first-order valence-electron chi connectivity index (χ1n) is 6.27. The summed E-state index contributed by atoms with van der Waals surface area (Å²) in [6.45, 7) is 0. The van der Waals surface area contributed by atoms with E-state index in [1.807, 2.05) is 30.3 Å². The second-order valence-corrected chi connectivity index (χ2v) is 4.38. The number of rotatable bonds is 8. The zero-order valence-corrected chi connectivity index (χ0v) is 10.9. The maximum Gasteiger partial charge on any atom is 0.326 e. The highest BCUT2D eigenvalue weighted by Crippen LogP contribution is 2.04. The summed E-state index contributed by atoms with van der Waals surface area (Å²) in [5.74, 6) is -2.71. The van der Waals surface area contributed by atoms with Crippen LogP contribution in [0.1, 0.15) is 24.8 Å². The lowest BCUT2D eigenvalue weighted by Crippen LogP contribution is -2.41. The molecule has 3 N–H and O–H groups in total. The van der Waals surface area contributed by atoms with E-state index < -0.39 is 23.9 Å². The summed E-state index contributed by atoms with van der Waals surface area (Å²) in [6.07, 6.45) is 0.260. The lowest BCUT2D eigenvalue weighted by molar-refractivity contribution is -0.143. The highest BCUT2D eigenvalue weighted by molar-refractivity contribution is 5.84. The first-order valence-corrected chi connectivity index (χ1v) is 6.27. The van der Waals surface area contributed by atoms with Gasteiger partial charge in [0.1, 0.15) is 6.04 Å². The highest BCUT2D eigenvalue weighted by atomic mass is 16.4. The van der Waals surface area contributed by atoms with E-state index in [4.69, 9.17) is 10.2 Å². The molecule has 0 radical (unpaired) electrons. The molecule has 1 rings (SSSR count). The van der Waals surface area contributed by atoms with Gasteiger partial charge >= 0.3 is 11.9 Å². The Bertz CT molecular complexity index is 472. The third kappa shape index (κ3) is 5.99. The predicted molar refractivity (Wildman–Crippen MR) is 71.2 cm³/mol. The number of carbonyl (C=O) groups excluding carboxylic acids is 1. The summed E-state index contributed by atoms with van der Waals surface area (Å²) in [4.78, 5) is 33.0. The molecule has 0 aliphatic heterocycles. The van der Waals surface area contributed by atoms with E-state index >= 15 is 0 Å². The third-order valence-electron chi connectivity index (χ3n) is 2.76. The van der Waals surface area contributed by atoms with Crippen LogP contribution in [-0.2, 0) is 20.8 Å². The molecule has 1 amide bonds. The topological polar surface area (TPSA) is 104 Å². The maximum absolute atomic E-state index is 11.7. The standard InChI is InChI=1S/C14H17NO5/c16-12(8-6-10-4-2-1-3-5-10)15-11(14(19)20)7-9-13(17)18/h1-5,11H,6-9H2,(H,15,16)(H,17,18)(H,19,20)/t11-/m1/s1. The van der Waals surface area contributed by atoms with Crippen LogP contribution in [0.5, 0.6) is 0 Å². The summed E-state index contributed by atoms with van der Waals surface area (Å²) in [7, 11) is 0. The fourth-order valence-corrected chi connectivity index (χ4v) is 1.69. The van der Waals surface area contributed by atoms with Gasteiger partial charge in [0.05, 0.1) is 0 Å². The van der Waals surface area contributed by atoms with Crippen molar-refractivity contribution < 1.29 is 24.6 Å². The molecule has 0 spiro atoms. The molecule has 6 nitrogen and oxygen atoms in total. The highest BCUT2D eigenvalue weighted by Gasteiger charge is 2.20. The van der Waals surface area contributed by atoms with Gasteiger partial charge in [-0.15, -0.1) is 0 Å². The molecule has 0 aliphatic rings. The van der Waals surface area contributed by atoms with Gasteiger partial charge in [-0.05, 0) is 18.4 Å². The molecule has 0 fully saturated rings. The Morgan fingerprint density at radius 3 is 2.25 bits per heavy atom. The van der Waals surface area contributed by atoms with Crippen molar-refractivity contribution in [3.05, 3.63) is 35.9 Å². The Labute approximate surface area is 116 Å². The van der Waals surface area contributed by atoms with Gasteiger partial charge in [0.25, 0.3) is 0 Å². The molecule has 1 aromatic carbocycles. The number of benzene rings is 1. The monoisotopic (exact) mass is 279 g/mol. The molecule has 20 heavy (non-hydrogen) atoms. The summed E-state index contributed by atoms with van der Waals surface area (Å²) in [5.41, 5.74) is 0.986. The van der Waals surface area contributed by atoms with E-state index in [-0.39, 0.29) is 19.3 Å². The summed E-state index contributed by atoms with van der Waals surface area (Å²) >= 11 is 0. The van der Waals surface area contributed by atoms with Crippen molar-refractivity contribution in [3.8, 4) is 0 Å². The Morgan fingerprint density at radius 2 is 1.70 bits per heavy atom. The van der Waals surface area contributed by atoms with E-state index in [9.17, 15) is 14.4 Å². The molecule has 0 aliphatic carbocycles. The Kier molecular flexibility index (Phi) is 6.22. The normalized spacial score (nSPS) is 11.6. The SMILES string of the molecule is O=C(O)CC[C@@H](NC(=O)CCc1ccccc1)C(=O)O. The van der Waals surface area contributed by atoms with Crippen LogP contribution in [0.3, 0.4) is 0 Å². The second-order valence-electron chi connectivity index (χ2n) is 4.38. The lowest BCUT2D eigenvalue weighted by Gasteiger charge is -2.13. The van der Waals surface area contributed by atoms with Crippen molar-refractivity contribution in [1.29, 1.82) is 0 Å². The summed E-state index contributed by atoms with van der Waals surface area (Å²) < 4.78 is 0. The number of aliphatic carboxylic acids is 2. The molecule has 0 saturated carbocycles. The molecule has 6 heteroatoms. The van der Waals surface area contributed by atoms with Crippen molar-refractivity contribution in [1.82, 2.24) is 5.32 Å². The number of aryl methyl sites for hydroxylation is 1. The average molecular weight is 279 g/mol. The minimum Gasteiger partial charge on any atom is -0.481 e. The summed E-state index contributed by atoms with van der Waals surface area (Å²) in [5, 5.41) is 19.8. The number of amides is 1. The number of carboxylic acid groups (broad SMARTS) is 2. The largest absolute Gasteiger partial charge is 0.481 e. The summed E-state index contributed by atoms with van der Waals surface area (Å²) in [6, 6.07) is 8.20. The van der Waals surface area contributed by atoms with E-state index in [2.05, 4.69) is 5.32 Å². The van der Waals surface area contributed by atoms with Gasteiger partial charge in [-0.25, -0.2) is 4.79 Å². The van der Waals surface area contributed by atoms with Crippen molar-refractivity contribution in [3.63, 3.8) is 0 Å². The lowest BCUT2D eigenvalue weighted by atomic mass is 10.1. The smallest absolute Gasteiger partial charge is 0.326 e. The van der Waals surface area contributed by atoms with Crippen molar-refractivity contribution >= 4 is 17.8 Å². The quantitative estimate of drug-likeness (QED) is 0.660. The fourth-order valence-electron chi connectivity index (χ4n) is 1.69. The van der Waals surface area contributed by atoms with Crippen LogP contribution in [0.25, 0.3) is 0 Å². The molecular formula is C14H17NO5. The molecule has 1 atom stereocenters. The van der Waals surface area contributed by atoms with Gasteiger partial charge in [0.15, 0.2) is 0 Å². The van der Waals surface area contributed by atoms with Gasteiger partial charge < -0.3 is 15.5 Å². The van der Waals surface area contributed by atoms with E-state index in [0.717, 1.165) is 5.56 Å². The van der Waals surface area contributed by atoms with Crippen LogP contribution in [0.2, 0.25) is 0 Å². The van der Waals surface area contributed by atoms with Gasteiger partial charge in [0.2, 0.25) is 5.91 Å². The van der Waals surface area contributed by atoms with Gasteiger partial charge in [0, 0.05) is 12.8 Å². The second kappa shape index (κ2) is 7.93. The fraction of sp³-hybridized carbons (Fsp3) is 0.357. The van der Waals surface area contributed by atoms with Crippen molar-refractivity contribution in [2.24, 2.45) is 0 Å². The first kappa shape index (κ1) is 15.7. The van der Waals surface area contributed by atoms with Crippen LogP contribution < -0.4 is 5.32 Å². The Morgan fingerprint density at radius 1 is 1.05 bits per heavy atom. The van der Waals surface area contributed by atoms with Crippen LogP contribution in [0.15, 0.2) is 30.3 Å². The average Bonchev–Trinajstić information content (AvgIpc) is 2.41. The molecule has 1 aromatic rings. The Hall–Kier alpha value is -2.37. The van der Waals surface area contributed by atoms with Crippen LogP contribution in [0, 0.1) is 0 Å². The Balaban J connectivity index is 2.41. The zero-order valence-electron chi connectivity index (χ0n) is 10.9. The maximum atomic E-state index is 11.7. The van der Waals surface area contributed by atoms with Crippen molar-refractivity contribution in [2.75, 3.05) is 0 Å². The molecular weight excluding hydrogens is 262 g/mol. The molecule has 0 bridgehead atoms. The molecule has 0 saturated heterocycles. The van der Waals surface area contributed by atoms with E-state index in [1.54, 1.807) is 0 Å². The molecule has 108 valence electrons. The minimum atomic E-state index is -1.22. The molecule has 0 unspecified atom stereocenters. The van der Waals surface area contributed by atoms with Crippen LogP contribution >= 0.6 is 0 Å². The number of hydrogen-bond acceptors (Lipinski definition) is 3. The number of nitrogens with one attached hydrogen (secondary N) is 1. The van der Waals surface area contributed by atoms with Crippen molar-refractivity contribution in [2.45, 2.75) is 31.7 Å².